The third-order valence-corrected chi connectivity index (χ3v) is 3.37. The number of carbonyl (C=O) groups excluding carboxylic acids is 1. The summed E-state index contributed by atoms with van der Waals surface area (Å²) < 4.78 is 13.3. The van der Waals surface area contributed by atoms with Crippen LogP contribution in [0.1, 0.15) is 38.8 Å². The summed E-state index contributed by atoms with van der Waals surface area (Å²) >= 11 is 0. The fourth-order valence-corrected chi connectivity index (χ4v) is 1.94. The SMILES string of the molecule is CCNC(=NCc1ccc(F)c(C)c1)NCCNC(=O)C(C)(C)C. The van der Waals surface area contributed by atoms with Crippen molar-refractivity contribution in [1.82, 2.24) is 16.0 Å². The number of aryl methyl sites for hydroxylation is 1. The molecule has 1 amide bonds. The van der Waals surface area contributed by atoms with Crippen molar-refractivity contribution in [2.45, 2.75) is 41.2 Å². The zero-order valence-electron chi connectivity index (χ0n) is 15.3. The lowest BCUT2D eigenvalue weighted by atomic mass is 9.96. The van der Waals surface area contributed by atoms with Crippen LogP contribution in [0.15, 0.2) is 23.2 Å². The molecule has 1 aromatic carbocycles. The Bertz CT molecular complexity index is 579. The maximum absolute atomic E-state index is 13.3. The Morgan fingerprint density at radius 2 is 1.83 bits per heavy atom. The second-order valence-corrected chi connectivity index (χ2v) is 6.71. The van der Waals surface area contributed by atoms with Gasteiger partial charge in [-0.15, -0.1) is 0 Å². The first kappa shape index (κ1) is 19.9. The van der Waals surface area contributed by atoms with E-state index in [0.29, 0.717) is 31.2 Å². The molecule has 0 heterocycles. The molecule has 6 heteroatoms. The highest BCUT2D eigenvalue weighted by molar-refractivity contribution is 5.81. The van der Waals surface area contributed by atoms with Gasteiger partial charge in [0, 0.05) is 25.0 Å². The van der Waals surface area contributed by atoms with Crippen LogP contribution < -0.4 is 16.0 Å². The molecule has 0 aliphatic rings. The van der Waals surface area contributed by atoms with Crippen molar-refractivity contribution in [1.29, 1.82) is 0 Å². The summed E-state index contributed by atoms with van der Waals surface area (Å²) in [5, 5.41) is 9.20. The molecule has 24 heavy (non-hydrogen) atoms. The Kier molecular flexibility index (Phi) is 7.68. The summed E-state index contributed by atoms with van der Waals surface area (Å²) in [5.41, 5.74) is 1.18. The van der Waals surface area contributed by atoms with Gasteiger partial charge in [-0.05, 0) is 31.0 Å². The van der Waals surface area contributed by atoms with Crippen LogP contribution in [0.4, 0.5) is 4.39 Å². The highest BCUT2D eigenvalue weighted by Gasteiger charge is 2.20. The van der Waals surface area contributed by atoms with Crippen molar-refractivity contribution < 1.29 is 9.18 Å². The van der Waals surface area contributed by atoms with E-state index in [0.717, 1.165) is 12.1 Å². The normalized spacial score (nSPS) is 12.0. The number of amides is 1. The minimum Gasteiger partial charge on any atom is -0.357 e. The fraction of sp³-hybridized carbons (Fsp3) is 0.556. The molecule has 0 radical (unpaired) electrons. The summed E-state index contributed by atoms with van der Waals surface area (Å²) in [4.78, 5) is 16.3. The van der Waals surface area contributed by atoms with Crippen molar-refractivity contribution in [3.8, 4) is 0 Å². The minimum absolute atomic E-state index is 0.0213. The van der Waals surface area contributed by atoms with Crippen molar-refractivity contribution in [2.24, 2.45) is 10.4 Å². The summed E-state index contributed by atoms with van der Waals surface area (Å²) in [6, 6.07) is 4.99. The Balaban J connectivity index is 2.50. The molecule has 134 valence electrons. The second kappa shape index (κ2) is 9.25. The van der Waals surface area contributed by atoms with E-state index < -0.39 is 0 Å². The van der Waals surface area contributed by atoms with E-state index in [-0.39, 0.29) is 17.1 Å². The summed E-state index contributed by atoms with van der Waals surface area (Å²) in [5.74, 6) is 0.486. The Hall–Kier alpha value is -2.11. The predicted molar refractivity (Wildman–Crippen MR) is 96.4 cm³/mol. The van der Waals surface area contributed by atoms with Gasteiger partial charge in [-0.3, -0.25) is 4.79 Å². The number of aliphatic imine (C=N–C) groups is 1. The first-order valence-corrected chi connectivity index (χ1v) is 8.29. The number of hydrogen-bond donors (Lipinski definition) is 3. The molecule has 3 N–H and O–H groups in total. The quantitative estimate of drug-likeness (QED) is 0.424. The molecule has 0 saturated carbocycles. The van der Waals surface area contributed by atoms with E-state index in [1.165, 1.54) is 6.07 Å². The lowest BCUT2D eigenvalue weighted by molar-refractivity contribution is -0.128. The van der Waals surface area contributed by atoms with E-state index in [9.17, 15) is 9.18 Å². The smallest absolute Gasteiger partial charge is 0.225 e. The first-order chi connectivity index (χ1) is 11.2. The number of halogens is 1. The molecule has 0 aliphatic carbocycles. The van der Waals surface area contributed by atoms with Gasteiger partial charge >= 0.3 is 0 Å². The van der Waals surface area contributed by atoms with Crippen LogP contribution >= 0.6 is 0 Å². The largest absolute Gasteiger partial charge is 0.357 e. The minimum atomic E-state index is -0.390. The zero-order valence-corrected chi connectivity index (χ0v) is 15.3. The van der Waals surface area contributed by atoms with Crippen LogP contribution in [0.25, 0.3) is 0 Å². The first-order valence-electron chi connectivity index (χ1n) is 8.29. The van der Waals surface area contributed by atoms with E-state index in [1.54, 1.807) is 19.1 Å². The van der Waals surface area contributed by atoms with Gasteiger partial charge in [0.05, 0.1) is 6.54 Å². The van der Waals surface area contributed by atoms with Crippen LogP contribution in [-0.4, -0.2) is 31.5 Å². The Labute approximate surface area is 144 Å². The van der Waals surface area contributed by atoms with Crippen LogP contribution in [0.5, 0.6) is 0 Å². The number of nitrogens with zero attached hydrogens (tertiary/aromatic N) is 1. The van der Waals surface area contributed by atoms with Crippen LogP contribution in [-0.2, 0) is 11.3 Å². The molecule has 0 aromatic heterocycles. The van der Waals surface area contributed by atoms with E-state index >= 15 is 0 Å². The molecule has 1 aromatic rings. The van der Waals surface area contributed by atoms with Gasteiger partial charge in [-0.2, -0.15) is 0 Å². The molecule has 0 spiro atoms. The molecular formula is C18H29FN4O. The number of guanidine groups is 1. The molecule has 0 fully saturated rings. The van der Waals surface area contributed by atoms with Gasteiger partial charge < -0.3 is 16.0 Å². The molecule has 0 unspecified atom stereocenters. The number of nitrogens with one attached hydrogen (secondary N) is 3. The summed E-state index contributed by atoms with van der Waals surface area (Å²) in [7, 11) is 0. The lowest BCUT2D eigenvalue weighted by Crippen LogP contribution is -2.43. The van der Waals surface area contributed by atoms with E-state index in [1.807, 2.05) is 27.7 Å². The van der Waals surface area contributed by atoms with Gasteiger partial charge in [0.25, 0.3) is 0 Å². The third kappa shape index (κ3) is 6.98. The van der Waals surface area contributed by atoms with Gasteiger partial charge in [0.2, 0.25) is 5.91 Å². The number of hydrogen-bond acceptors (Lipinski definition) is 2. The highest BCUT2D eigenvalue weighted by Crippen LogP contribution is 2.12. The third-order valence-electron chi connectivity index (χ3n) is 3.37. The van der Waals surface area contributed by atoms with Crippen LogP contribution in [0.2, 0.25) is 0 Å². The lowest BCUT2D eigenvalue weighted by Gasteiger charge is -2.18. The molecular weight excluding hydrogens is 307 g/mol. The summed E-state index contributed by atoms with van der Waals surface area (Å²) in [6.07, 6.45) is 0. The van der Waals surface area contributed by atoms with Crippen molar-refractivity contribution >= 4 is 11.9 Å². The van der Waals surface area contributed by atoms with Crippen molar-refractivity contribution in [2.75, 3.05) is 19.6 Å². The van der Waals surface area contributed by atoms with Crippen molar-refractivity contribution in [3.63, 3.8) is 0 Å². The maximum Gasteiger partial charge on any atom is 0.225 e. The average molecular weight is 336 g/mol. The van der Waals surface area contributed by atoms with Crippen LogP contribution in [0.3, 0.4) is 0 Å². The van der Waals surface area contributed by atoms with Gasteiger partial charge in [0.15, 0.2) is 5.96 Å². The number of benzene rings is 1. The maximum atomic E-state index is 13.3. The van der Waals surface area contributed by atoms with Gasteiger partial charge in [-0.1, -0.05) is 32.9 Å². The molecule has 0 aliphatic heterocycles. The zero-order chi connectivity index (χ0) is 18.2. The topological polar surface area (TPSA) is 65.5 Å². The standard InChI is InChI=1S/C18H29FN4O/c1-6-20-17(22-10-9-21-16(24)18(3,4)5)23-12-14-7-8-15(19)13(2)11-14/h7-8,11H,6,9-10,12H2,1-5H3,(H,21,24)(H2,20,22,23). The monoisotopic (exact) mass is 336 g/mol. The van der Waals surface area contributed by atoms with Gasteiger partial charge in [-0.25, -0.2) is 9.38 Å². The highest BCUT2D eigenvalue weighted by atomic mass is 19.1. The second-order valence-electron chi connectivity index (χ2n) is 6.71. The number of carbonyl (C=O) groups is 1. The molecule has 0 atom stereocenters. The molecule has 1 rings (SSSR count). The Morgan fingerprint density at radius 1 is 1.17 bits per heavy atom. The Morgan fingerprint density at radius 3 is 2.42 bits per heavy atom. The average Bonchev–Trinajstić information content (AvgIpc) is 2.51. The van der Waals surface area contributed by atoms with Crippen molar-refractivity contribution in [3.05, 3.63) is 35.1 Å². The van der Waals surface area contributed by atoms with E-state index in [4.69, 9.17) is 0 Å². The fourth-order valence-electron chi connectivity index (χ4n) is 1.94. The molecule has 5 nitrogen and oxygen atoms in total. The van der Waals surface area contributed by atoms with E-state index in [2.05, 4.69) is 20.9 Å². The molecule has 0 bridgehead atoms. The van der Waals surface area contributed by atoms with Crippen LogP contribution in [0, 0.1) is 18.2 Å². The molecule has 0 saturated heterocycles. The summed E-state index contributed by atoms with van der Waals surface area (Å²) in [6.45, 7) is 11.7. The van der Waals surface area contributed by atoms with Gasteiger partial charge in [0.1, 0.15) is 5.82 Å². The number of rotatable bonds is 6. The predicted octanol–water partition coefficient (Wildman–Crippen LogP) is 2.35.